The summed E-state index contributed by atoms with van der Waals surface area (Å²) in [6.07, 6.45) is 0.318. The summed E-state index contributed by atoms with van der Waals surface area (Å²) in [5.41, 5.74) is 0. The Kier molecular flexibility index (Phi) is 3.83. The van der Waals surface area contributed by atoms with Gasteiger partial charge in [0.05, 0.1) is 19.4 Å². The van der Waals surface area contributed by atoms with Crippen molar-refractivity contribution < 1.29 is 4.74 Å². The van der Waals surface area contributed by atoms with E-state index in [0.29, 0.717) is 6.17 Å². The number of ether oxygens (including phenoxy) is 1. The maximum absolute atomic E-state index is 5.33. The van der Waals surface area contributed by atoms with Crippen LogP contribution in [0.4, 0.5) is 0 Å². The van der Waals surface area contributed by atoms with Gasteiger partial charge in [-0.2, -0.15) is 0 Å². The average molecular weight is 157 g/mol. The van der Waals surface area contributed by atoms with Crippen molar-refractivity contribution in [3.8, 4) is 0 Å². The highest BCUT2D eigenvalue weighted by molar-refractivity contribution is 4.69. The Balaban J connectivity index is 2.30. The fraction of sp³-hybridized carbons (Fsp3) is 1.00. The molecule has 0 saturated carbocycles. The van der Waals surface area contributed by atoms with Gasteiger partial charge in [-0.05, 0) is 13.1 Å². The minimum absolute atomic E-state index is 0.318. The van der Waals surface area contributed by atoms with Crippen LogP contribution in [0.5, 0.6) is 0 Å². The number of hydrogen-bond acceptors (Lipinski definition) is 2. The van der Waals surface area contributed by atoms with Crippen molar-refractivity contribution in [2.45, 2.75) is 20.0 Å². The molecule has 0 aromatic heterocycles. The van der Waals surface area contributed by atoms with Crippen LogP contribution in [0.15, 0.2) is 0 Å². The second-order valence-electron chi connectivity index (χ2n) is 2.68. The molecular weight excluding hydrogens is 140 g/mol. The van der Waals surface area contributed by atoms with Gasteiger partial charge in [0.1, 0.15) is 0 Å². The lowest BCUT2D eigenvalue weighted by atomic mass is 10.3. The summed E-state index contributed by atoms with van der Waals surface area (Å²) < 4.78 is 5.33. The Morgan fingerprint density at radius 1 is 1.45 bits per heavy atom. The van der Waals surface area contributed by atoms with Gasteiger partial charge in [-0.1, -0.05) is 13.8 Å². The predicted octanol–water partition coefficient (Wildman–Crippen LogP) is 0.289. The highest BCUT2D eigenvalue weighted by Crippen LogP contribution is 2.01. The summed E-state index contributed by atoms with van der Waals surface area (Å²) in [6.45, 7) is 8.89. The molecule has 1 radical (unpaired) electrons. The maximum atomic E-state index is 5.33. The number of morpholine rings is 1. The third kappa shape index (κ3) is 2.43. The average Bonchev–Trinajstić information content (AvgIpc) is 2.09. The van der Waals surface area contributed by atoms with Crippen molar-refractivity contribution in [2.24, 2.45) is 0 Å². The van der Waals surface area contributed by atoms with Crippen LogP contribution in [0, 0.1) is 0 Å². The number of rotatable bonds is 3. The highest BCUT2D eigenvalue weighted by Gasteiger charge is 2.18. The van der Waals surface area contributed by atoms with Crippen molar-refractivity contribution >= 4 is 0 Å². The Morgan fingerprint density at radius 2 is 2.18 bits per heavy atom. The van der Waals surface area contributed by atoms with Crippen LogP contribution in [-0.2, 0) is 4.74 Å². The molecule has 3 heteroatoms. The van der Waals surface area contributed by atoms with E-state index in [1.807, 2.05) is 0 Å². The van der Waals surface area contributed by atoms with Gasteiger partial charge >= 0.3 is 0 Å². The Morgan fingerprint density at radius 3 is 2.64 bits per heavy atom. The molecule has 1 rings (SSSR count). The molecule has 0 aromatic carbocycles. The molecule has 1 unspecified atom stereocenters. The van der Waals surface area contributed by atoms with Gasteiger partial charge in [-0.15, -0.1) is 0 Å². The molecule has 0 bridgehead atoms. The molecule has 0 aromatic rings. The first-order valence-electron chi connectivity index (χ1n) is 4.36. The van der Waals surface area contributed by atoms with E-state index in [2.05, 4.69) is 24.1 Å². The fourth-order valence-corrected chi connectivity index (χ4v) is 1.37. The third-order valence-electron chi connectivity index (χ3n) is 2.08. The summed E-state index contributed by atoms with van der Waals surface area (Å²) in [5.74, 6) is 0. The van der Waals surface area contributed by atoms with E-state index in [1.54, 1.807) is 0 Å². The molecule has 1 saturated heterocycles. The zero-order valence-electron chi connectivity index (χ0n) is 7.42. The lowest BCUT2D eigenvalue weighted by Crippen LogP contribution is -2.48. The maximum Gasteiger partial charge on any atom is 0.0998 e. The SMILES string of the molecule is CCN(CC)C1COCC[N]1. The molecule has 3 nitrogen and oxygen atoms in total. The summed E-state index contributed by atoms with van der Waals surface area (Å²) in [5, 5.41) is 4.47. The van der Waals surface area contributed by atoms with Crippen molar-refractivity contribution in [1.29, 1.82) is 0 Å². The number of hydrogen-bond donors (Lipinski definition) is 0. The molecule has 0 spiro atoms. The number of likely N-dealkylation sites (N-methyl/N-ethyl adjacent to an activating group) is 1. The Labute approximate surface area is 68.7 Å². The second-order valence-corrected chi connectivity index (χ2v) is 2.68. The zero-order valence-corrected chi connectivity index (χ0v) is 7.42. The van der Waals surface area contributed by atoms with Crippen molar-refractivity contribution in [1.82, 2.24) is 10.2 Å². The molecule has 1 aliphatic rings. The van der Waals surface area contributed by atoms with Crippen LogP contribution >= 0.6 is 0 Å². The Hall–Kier alpha value is -0.120. The molecule has 1 atom stereocenters. The first-order chi connectivity index (χ1) is 5.38. The molecule has 65 valence electrons. The topological polar surface area (TPSA) is 26.6 Å². The smallest absolute Gasteiger partial charge is 0.0998 e. The van der Waals surface area contributed by atoms with Gasteiger partial charge in [0.15, 0.2) is 0 Å². The number of nitrogens with zero attached hydrogens (tertiary/aromatic N) is 2. The van der Waals surface area contributed by atoms with Crippen molar-refractivity contribution in [3.05, 3.63) is 0 Å². The molecule has 1 aliphatic heterocycles. The van der Waals surface area contributed by atoms with Crippen LogP contribution in [0.3, 0.4) is 0 Å². The van der Waals surface area contributed by atoms with Crippen LogP contribution in [-0.4, -0.2) is 43.9 Å². The first-order valence-corrected chi connectivity index (χ1v) is 4.36. The molecule has 0 amide bonds. The van der Waals surface area contributed by atoms with Crippen LogP contribution in [0.1, 0.15) is 13.8 Å². The molecule has 1 fully saturated rings. The van der Waals surface area contributed by atoms with Crippen LogP contribution < -0.4 is 5.32 Å². The van der Waals surface area contributed by atoms with Gasteiger partial charge in [-0.3, -0.25) is 4.90 Å². The lowest BCUT2D eigenvalue weighted by molar-refractivity contribution is 0.0104. The zero-order chi connectivity index (χ0) is 8.10. The van der Waals surface area contributed by atoms with Crippen LogP contribution in [0.2, 0.25) is 0 Å². The van der Waals surface area contributed by atoms with E-state index >= 15 is 0 Å². The fourth-order valence-electron chi connectivity index (χ4n) is 1.37. The Bertz CT molecular complexity index is 98.3. The van der Waals surface area contributed by atoms with Crippen molar-refractivity contribution in [3.63, 3.8) is 0 Å². The minimum Gasteiger partial charge on any atom is -0.377 e. The second kappa shape index (κ2) is 4.70. The standard InChI is InChI=1S/C8H17N2O/c1-3-10(4-2)8-7-11-6-5-9-8/h8H,3-7H2,1-2H3. The largest absolute Gasteiger partial charge is 0.377 e. The van der Waals surface area contributed by atoms with E-state index in [-0.39, 0.29) is 0 Å². The summed E-state index contributed by atoms with van der Waals surface area (Å²) in [6, 6.07) is 0. The normalized spacial score (nSPS) is 25.9. The predicted molar refractivity (Wildman–Crippen MR) is 44.5 cm³/mol. The summed E-state index contributed by atoms with van der Waals surface area (Å²) >= 11 is 0. The molecule has 11 heavy (non-hydrogen) atoms. The van der Waals surface area contributed by atoms with E-state index in [1.165, 1.54) is 0 Å². The molecule has 0 aliphatic carbocycles. The van der Waals surface area contributed by atoms with E-state index < -0.39 is 0 Å². The quantitative estimate of drug-likeness (QED) is 0.588. The van der Waals surface area contributed by atoms with Gasteiger partial charge < -0.3 is 4.74 Å². The van der Waals surface area contributed by atoms with E-state index in [0.717, 1.165) is 32.8 Å². The third-order valence-corrected chi connectivity index (χ3v) is 2.08. The van der Waals surface area contributed by atoms with E-state index in [9.17, 15) is 0 Å². The summed E-state index contributed by atoms with van der Waals surface area (Å²) in [7, 11) is 0. The molecule has 0 N–H and O–H groups in total. The lowest BCUT2D eigenvalue weighted by Gasteiger charge is -2.31. The molecule has 1 heterocycles. The van der Waals surface area contributed by atoms with Crippen LogP contribution in [0.25, 0.3) is 0 Å². The molecular formula is C8H17N2O. The van der Waals surface area contributed by atoms with Gasteiger partial charge in [0, 0.05) is 6.54 Å². The monoisotopic (exact) mass is 157 g/mol. The summed E-state index contributed by atoms with van der Waals surface area (Å²) in [4.78, 5) is 2.32. The van der Waals surface area contributed by atoms with Gasteiger partial charge in [-0.25, -0.2) is 5.32 Å². The van der Waals surface area contributed by atoms with Gasteiger partial charge in [0.25, 0.3) is 0 Å². The first kappa shape index (κ1) is 8.97. The minimum atomic E-state index is 0.318. The highest BCUT2D eigenvalue weighted by atomic mass is 16.5. The van der Waals surface area contributed by atoms with Gasteiger partial charge in [0.2, 0.25) is 0 Å². The van der Waals surface area contributed by atoms with E-state index in [4.69, 9.17) is 4.74 Å². The van der Waals surface area contributed by atoms with Crippen molar-refractivity contribution in [2.75, 3.05) is 32.8 Å².